The molecule has 2 aromatic rings. The standard InChI is InChI=1S/C26H31N3O5S/c1-2-6-20-23-21(13-16-28(23)26(32)24(30)18-11-14-27-15-12-18)29(25(20)31)35(33,34)22-10-5-8-17-7-3-4-9-19(17)22/h3-5,7-10,18,20-21,23,27H,2,6,11-16H2,1H3/t20-,21+,23-/m1/s1. The van der Waals surface area contributed by atoms with E-state index in [9.17, 15) is 22.8 Å². The van der Waals surface area contributed by atoms with Crippen molar-refractivity contribution in [2.75, 3.05) is 19.6 Å². The van der Waals surface area contributed by atoms with Crippen molar-refractivity contribution in [2.45, 2.75) is 56.0 Å². The van der Waals surface area contributed by atoms with Crippen molar-refractivity contribution in [3.8, 4) is 0 Å². The van der Waals surface area contributed by atoms with Gasteiger partial charge < -0.3 is 10.2 Å². The highest BCUT2D eigenvalue weighted by molar-refractivity contribution is 7.90. The summed E-state index contributed by atoms with van der Waals surface area (Å²) in [5, 5.41) is 4.54. The van der Waals surface area contributed by atoms with Gasteiger partial charge >= 0.3 is 0 Å². The third-order valence-electron chi connectivity index (χ3n) is 7.74. The number of carbonyl (C=O) groups is 3. The number of fused-ring (bicyclic) bond motifs is 2. The Morgan fingerprint density at radius 1 is 1.03 bits per heavy atom. The van der Waals surface area contributed by atoms with Crippen LogP contribution < -0.4 is 5.32 Å². The third kappa shape index (κ3) is 3.94. The summed E-state index contributed by atoms with van der Waals surface area (Å²) in [5.41, 5.74) is 0. The molecule has 9 heteroatoms. The average molecular weight is 498 g/mol. The lowest BCUT2D eigenvalue weighted by Crippen LogP contribution is -2.48. The topological polar surface area (TPSA) is 104 Å². The molecule has 0 saturated carbocycles. The molecule has 0 aromatic heterocycles. The van der Waals surface area contributed by atoms with Crippen LogP contribution in [0.25, 0.3) is 10.8 Å². The molecule has 0 bridgehead atoms. The van der Waals surface area contributed by atoms with Crippen LogP contribution in [0.4, 0.5) is 0 Å². The minimum absolute atomic E-state index is 0.0930. The Hall–Kier alpha value is -2.78. The number of likely N-dealkylation sites (tertiary alicyclic amines) is 1. The van der Waals surface area contributed by atoms with Crippen LogP contribution >= 0.6 is 0 Å². The second-order valence-electron chi connectivity index (χ2n) is 9.75. The predicted molar refractivity (Wildman–Crippen MR) is 131 cm³/mol. The summed E-state index contributed by atoms with van der Waals surface area (Å²) >= 11 is 0. The van der Waals surface area contributed by atoms with Gasteiger partial charge in [-0.3, -0.25) is 14.4 Å². The van der Waals surface area contributed by atoms with Crippen LogP contribution in [-0.2, 0) is 24.4 Å². The highest BCUT2D eigenvalue weighted by atomic mass is 32.2. The molecule has 8 nitrogen and oxygen atoms in total. The second kappa shape index (κ2) is 9.35. The van der Waals surface area contributed by atoms with Gasteiger partial charge in [-0.2, -0.15) is 0 Å². The number of hydrogen-bond acceptors (Lipinski definition) is 6. The number of nitrogens with zero attached hydrogens (tertiary/aromatic N) is 2. The van der Waals surface area contributed by atoms with E-state index >= 15 is 0 Å². The molecule has 0 spiro atoms. The van der Waals surface area contributed by atoms with Crippen molar-refractivity contribution >= 4 is 38.4 Å². The van der Waals surface area contributed by atoms with E-state index in [4.69, 9.17) is 0 Å². The van der Waals surface area contributed by atoms with Crippen LogP contribution in [-0.4, -0.2) is 66.9 Å². The van der Waals surface area contributed by atoms with Gasteiger partial charge in [-0.25, -0.2) is 12.7 Å². The maximum atomic E-state index is 13.9. The molecule has 2 aromatic carbocycles. The monoisotopic (exact) mass is 497 g/mol. The van der Waals surface area contributed by atoms with Crippen LogP contribution in [0.2, 0.25) is 0 Å². The molecule has 3 aliphatic heterocycles. The summed E-state index contributed by atoms with van der Waals surface area (Å²) in [7, 11) is -4.16. The maximum absolute atomic E-state index is 13.9. The summed E-state index contributed by atoms with van der Waals surface area (Å²) in [5.74, 6) is -2.41. The van der Waals surface area contributed by atoms with E-state index in [1.54, 1.807) is 18.2 Å². The van der Waals surface area contributed by atoms with Crippen LogP contribution in [0.3, 0.4) is 0 Å². The van der Waals surface area contributed by atoms with Crippen LogP contribution in [0, 0.1) is 11.8 Å². The lowest BCUT2D eigenvalue weighted by atomic mass is 9.91. The number of piperidine rings is 1. The fraction of sp³-hybridized carbons (Fsp3) is 0.500. The zero-order valence-corrected chi connectivity index (χ0v) is 20.7. The van der Waals surface area contributed by atoms with Crippen LogP contribution in [0.1, 0.15) is 39.0 Å². The van der Waals surface area contributed by atoms with E-state index in [-0.39, 0.29) is 17.4 Å². The van der Waals surface area contributed by atoms with Crippen molar-refractivity contribution in [2.24, 2.45) is 11.8 Å². The third-order valence-corrected chi connectivity index (χ3v) is 9.62. The number of Topliss-reactive ketones (excluding diaryl/α,β-unsaturated/α-hetero) is 1. The van der Waals surface area contributed by atoms with Crippen molar-refractivity contribution in [1.82, 2.24) is 14.5 Å². The van der Waals surface area contributed by atoms with E-state index in [1.165, 1.54) is 11.0 Å². The van der Waals surface area contributed by atoms with E-state index in [1.807, 2.05) is 25.1 Å². The van der Waals surface area contributed by atoms with E-state index in [0.29, 0.717) is 50.6 Å². The van der Waals surface area contributed by atoms with E-state index in [0.717, 1.165) is 9.69 Å². The molecule has 3 atom stereocenters. The van der Waals surface area contributed by atoms with Crippen molar-refractivity contribution < 1.29 is 22.8 Å². The van der Waals surface area contributed by atoms with Gasteiger partial charge in [-0.15, -0.1) is 0 Å². The molecular formula is C26H31N3O5S. The van der Waals surface area contributed by atoms with Gasteiger partial charge in [0.1, 0.15) is 0 Å². The van der Waals surface area contributed by atoms with Crippen LogP contribution in [0.5, 0.6) is 0 Å². The molecule has 186 valence electrons. The summed E-state index contributed by atoms with van der Waals surface area (Å²) in [4.78, 5) is 41.6. The number of amides is 2. The number of carbonyl (C=O) groups excluding carboxylic acids is 3. The first-order valence-corrected chi connectivity index (χ1v) is 13.9. The Morgan fingerprint density at radius 2 is 1.74 bits per heavy atom. The van der Waals surface area contributed by atoms with Crippen molar-refractivity contribution in [3.63, 3.8) is 0 Å². The van der Waals surface area contributed by atoms with Gasteiger partial charge in [0.2, 0.25) is 11.7 Å². The van der Waals surface area contributed by atoms with Gasteiger partial charge in [-0.05, 0) is 50.2 Å². The molecule has 3 heterocycles. The summed E-state index contributed by atoms with van der Waals surface area (Å²) in [6.45, 7) is 3.61. The minimum atomic E-state index is -4.16. The molecule has 5 rings (SSSR count). The maximum Gasteiger partial charge on any atom is 0.290 e. The molecule has 35 heavy (non-hydrogen) atoms. The number of nitrogens with one attached hydrogen (secondary N) is 1. The first-order valence-electron chi connectivity index (χ1n) is 12.5. The van der Waals surface area contributed by atoms with Gasteiger partial charge in [-0.1, -0.05) is 49.7 Å². The molecule has 3 fully saturated rings. The largest absolute Gasteiger partial charge is 0.330 e. The molecule has 2 amide bonds. The van der Waals surface area contributed by atoms with Gasteiger partial charge in [0.15, 0.2) is 0 Å². The zero-order chi connectivity index (χ0) is 24.7. The highest BCUT2D eigenvalue weighted by Gasteiger charge is 2.59. The highest BCUT2D eigenvalue weighted by Crippen LogP contribution is 2.42. The van der Waals surface area contributed by atoms with Gasteiger partial charge in [0.05, 0.1) is 22.9 Å². The molecule has 0 unspecified atom stereocenters. The lowest BCUT2D eigenvalue weighted by molar-refractivity contribution is -0.148. The summed E-state index contributed by atoms with van der Waals surface area (Å²) < 4.78 is 28.9. The Labute approximate surface area is 205 Å². The Bertz CT molecular complexity index is 1270. The van der Waals surface area contributed by atoms with Crippen molar-refractivity contribution in [1.29, 1.82) is 0 Å². The number of benzene rings is 2. The molecule has 0 aliphatic carbocycles. The SMILES string of the molecule is CCC[C@H]1C(=O)N(S(=O)(=O)c2cccc3ccccc23)[C@H]2CCN(C(=O)C(=O)C3CCNCC3)[C@H]12. The number of rotatable bonds is 6. The quantitative estimate of drug-likeness (QED) is 0.615. The number of sulfonamides is 1. The average Bonchev–Trinajstić information content (AvgIpc) is 3.41. The Balaban J connectivity index is 1.50. The Kier molecular flexibility index (Phi) is 6.40. The number of hydrogen-bond donors (Lipinski definition) is 1. The normalized spacial score (nSPS) is 25.3. The smallest absolute Gasteiger partial charge is 0.290 e. The minimum Gasteiger partial charge on any atom is -0.330 e. The van der Waals surface area contributed by atoms with Crippen LogP contribution in [0.15, 0.2) is 47.4 Å². The molecule has 3 aliphatic rings. The zero-order valence-electron chi connectivity index (χ0n) is 19.9. The molecule has 3 saturated heterocycles. The fourth-order valence-electron chi connectivity index (χ4n) is 6.08. The van der Waals surface area contributed by atoms with Crippen molar-refractivity contribution in [3.05, 3.63) is 42.5 Å². The van der Waals surface area contributed by atoms with Gasteiger partial charge in [0, 0.05) is 17.8 Å². The lowest BCUT2D eigenvalue weighted by Gasteiger charge is -2.29. The van der Waals surface area contributed by atoms with E-state index in [2.05, 4.69) is 5.32 Å². The first-order chi connectivity index (χ1) is 16.9. The molecular weight excluding hydrogens is 466 g/mol. The molecule has 0 radical (unpaired) electrons. The first kappa shape index (κ1) is 23.9. The second-order valence-corrected chi connectivity index (χ2v) is 11.5. The van der Waals surface area contributed by atoms with E-state index < -0.39 is 45.6 Å². The number of ketones is 1. The predicted octanol–water partition coefficient (Wildman–Crippen LogP) is 2.33. The summed E-state index contributed by atoms with van der Waals surface area (Å²) in [6.07, 6.45) is 2.71. The van der Waals surface area contributed by atoms with Gasteiger partial charge in [0.25, 0.3) is 15.9 Å². The Morgan fingerprint density at radius 3 is 2.49 bits per heavy atom. The molecule has 1 N–H and O–H groups in total. The fourth-order valence-corrected chi connectivity index (χ4v) is 7.96. The summed E-state index contributed by atoms with van der Waals surface area (Å²) in [6, 6.07) is 11.0.